The molecule has 1 fully saturated rings. The molecule has 1 amide bonds. The molecule has 0 saturated carbocycles. The maximum absolute atomic E-state index is 12.5. The number of nitrogens with one attached hydrogen (secondary N) is 1. The summed E-state index contributed by atoms with van der Waals surface area (Å²) in [5.41, 5.74) is 1.08. The van der Waals surface area contributed by atoms with Crippen molar-refractivity contribution in [1.29, 1.82) is 0 Å². The Hall–Kier alpha value is -2.63. The van der Waals surface area contributed by atoms with E-state index in [1.54, 1.807) is 6.07 Å². The number of hydrogen-bond donors (Lipinski definition) is 1. The molecule has 1 aliphatic rings. The fourth-order valence-corrected chi connectivity index (χ4v) is 3.04. The molecule has 1 aromatic carbocycles. The Morgan fingerprint density at radius 3 is 2.84 bits per heavy atom. The van der Waals surface area contributed by atoms with Gasteiger partial charge in [0.25, 0.3) is 5.91 Å². The largest absolute Gasteiger partial charge is 0.494 e. The van der Waals surface area contributed by atoms with Gasteiger partial charge < -0.3 is 15.0 Å². The lowest BCUT2D eigenvalue weighted by Crippen LogP contribution is -2.35. The SMILES string of the molecule is CCOc1ccc(NC(=O)c2cc(N3CCCC(C)C3)ncn2)cc1. The molecule has 2 aromatic rings. The van der Waals surface area contributed by atoms with Crippen molar-refractivity contribution in [2.75, 3.05) is 29.9 Å². The maximum atomic E-state index is 12.5. The zero-order valence-electron chi connectivity index (χ0n) is 14.7. The summed E-state index contributed by atoms with van der Waals surface area (Å²) in [6.07, 6.45) is 3.85. The Labute approximate surface area is 148 Å². The molecule has 0 spiro atoms. The smallest absolute Gasteiger partial charge is 0.274 e. The third kappa shape index (κ3) is 4.47. The molecule has 1 aromatic heterocycles. The molecule has 1 aliphatic heterocycles. The number of anilines is 2. The monoisotopic (exact) mass is 340 g/mol. The standard InChI is InChI=1S/C19H24N4O2/c1-3-25-16-8-6-15(7-9-16)22-19(24)17-11-18(21-13-20-17)23-10-4-5-14(2)12-23/h6-9,11,13-14H,3-5,10,12H2,1-2H3,(H,22,24). The van der Waals surface area contributed by atoms with E-state index in [1.807, 2.05) is 31.2 Å². The first-order chi connectivity index (χ1) is 12.2. The number of hydrogen-bond acceptors (Lipinski definition) is 5. The molecule has 132 valence electrons. The van der Waals surface area contributed by atoms with Crippen molar-refractivity contribution in [2.45, 2.75) is 26.7 Å². The van der Waals surface area contributed by atoms with Crippen LogP contribution in [0.25, 0.3) is 0 Å². The molecule has 1 N–H and O–H groups in total. The van der Waals surface area contributed by atoms with E-state index in [9.17, 15) is 4.79 Å². The van der Waals surface area contributed by atoms with Gasteiger partial charge in [-0.1, -0.05) is 6.92 Å². The summed E-state index contributed by atoms with van der Waals surface area (Å²) in [5, 5.41) is 2.86. The second kappa shape index (κ2) is 7.96. The highest BCUT2D eigenvalue weighted by Gasteiger charge is 2.19. The number of benzene rings is 1. The van der Waals surface area contributed by atoms with Crippen molar-refractivity contribution < 1.29 is 9.53 Å². The number of nitrogens with zero attached hydrogens (tertiary/aromatic N) is 3. The maximum Gasteiger partial charge on any atom is 0.274 e. The van der Waals surface area contributed by atoms with Crippen LogP contribution in [0.3, 0.4) is 0 Å². The van der Waals surface area contributed by atoms with Gasteiger partial charge in [0, 0.05) is 24.8 Å². The first-order valence-corrected chi connectivity index (χ1v) is 8.77. The van der Waals surface area contributed by atoms with E-state index < -0.39 is 0 Å². The van der Waals surface area contributed by atoms with E-state index in [4.69, 9.17) is 4.74 Å². The number of carbonyl (C=O) groups is 1. The minimum atomic E-state index is -0.238. The van der Waals surface area contributed by atoms with E-state index in [-0.39, 0.29) is 5.91 Å². The molecule has 0 radical (unpaired) electrons. The van der Waals surface area contributed by atoms with Gasteiger partial charge in [-0.15, -0.1) is 0 Å². The second-order valence-electron chi connectivity index (χ2n) is 6.37. The number of rotatable bonds is 5. The molecule has 6 nitrogen and oxygen atoms in total. The Kier molecular flexibility index (Phi) is 5.48. The van der Waals surface area contributed by atoms with E-state index in [0.717, 1.165) is 31.1 Å². The second-order valence-corrected chi connectivity index (χ2v) is 6.37. The van der Waals surface area contributed by atoms with Crippen LogP contribution >= 0.6 is 0 Å². The summed E-state index contributed by atoms with van der Waals surface area (Å²) in [7, 11) is 0. The minimum absolute atomic E-state index is 0.238. The van der Waals surface area contributed by atoms with Crippen LogP contribution in [0.15, 0.2) is 36.7 Å². The minimum Gasteiger partial charge on any atom is -0.494 e. The van der Waals surface area contributed by atoms with Crippen LogP contribution < -0.4 is 15.0 Å². The number of amides is 1. The predicted octanol–water partition coefficient (Wildman–Crippen LogP) is 3.36. The molecule has 3 rings (SSSR count). The average Bonchev–Trinajstić information content (AvgIpc) is 2.64. The molecule has 2 heterocycles. The van der Waals surface area contributed by atoms with Crippen LogP contribution in [0.5, 0.6) is 5.75 Å². The Morgan fingerprint density at radius 1 is 1.32 bits per heavy atom. The summed E-state index contributed by atoms with van der Waals surface area (Å²) >= 11 is 0. The topological polar surface area (TPSA) is 67.3 Å². The number of piperidine rings is 1. The molecule has 0 bridgehead atoms. The fraction of sp³-hybridized carbons (Fsp3) is 0.421. The predicted molar refractivity (Wildman–Crippen MR) is 98.2 cm³/mol. The zero-order valence-corrected chi connectivity index (χ0v) is 14.7. The van der Waals surface area contributed by atoms with Crippen molar-refractivity contribution in [3.8, 4) is 5.75 Å². The van der Waals surface area contributed by atoms with Crippen molar-refractivity contribution >= 4 is 17.4 Å². The summed E-state index contributed by atoms with van der Waals surface area (Å²) in [6.45, 7) is 6.74. The van der Waals surface area contributed by atoms with Gasteiger partial charge in [-0.3, -0.25) is 4.79 Å². The first kappa shape index (κ1) is 17.2. The van der Waals surface area contributed by atoms with E-state index >= 15 is 0 Å². The molecule has 1 saturated heterocycles. The van der Waals surface area contributed by atoms with Gasteiger partial charge in [-0.2, -0.15) is 0 Å². The normalized spacial score (nSPS) is 17.2. The third-order valence-electron chi connectivity index (χ3n) is 4.29. The number of aromatic nitrogens is 2. The fourth-order valence-electron chi connectivity index (χ4n) is 3.04. The van der Waals surface area contributed by atoms with Gasteiger partial charge in [0.1, 0.15) is 23.6 Å². The molecule has 1 unspecified atom stereocenters. The highest BCUT2D eigenvalue weighted by Crippen LogP contribution is 2.22. The lowest BCUT2D eigenvalue weighted by atomic mass is 10.0. The van der Waals surface area contributed by atoms with Gasteiger partial charge in [-0.05, 0) is 49.9 Å². The molecule has 0 aliphatic carbocycles. The highest BCUT2D eigenvalue weighted by molar-refractivity contribution is 6.03. The molecule has 25 heavy (non-hydrogen) atoms. The highest BCUT2D eigenvalue weighted by atomic mass is 16.5. The van der Waals surface area contributed by atoms with Gasteiger partial charge in [0.2, 0.25) is 0 Å². The van der Waals surface area contributed by atoms with Crippen molar-refractivity contribution in [3.05, 3.63) is 42.4 Å². The summed E-state index contributed by atoms with van der Waals surface area (Å²) in [6, 6.07) is 9.07. The van der Waals surface area contributed by atoms with Crippen molar-refractivity contribution in [1.82, 2.24) is 9.97 Å². The van der Waals surface area contributed by atoms with Gasteiger partial charge >= 0.3 is 0 Å². The van der Waals surface area contributed by atoms with E-state index in [1.165, 1.54) is 12.7 Å². The quantitative estimate of drug-likeness (QED) is 0.904. The molecular weight excluding hydrogens is 316 g/mol. The van der Waals surface area contributed by atoms with Crippen molar-refractivity contribution in [2.24, 2.45) is 5.92 Å². The first-order valence-electron chi connectivity index (χ1n) is 8.77. The molecule has 6 heteroatoms. The van der Waals surface area contributed by atoms with Crippen LogP contribution in [-0.4, -0.2) is 35.6 Å². The lowest BCUT2D eigenvalue weighted by Gasteiger charge is -2.31. The van der Waals surface area contributed by atoms with Crippen LogP contribution in [0.2, 0.25) is 0 Å². The van der Waals surface area contributed by atoms with Crippen LogP contribution in [0.1, 0.15) is 37.2 Å². The van der Waals surface area contributed by atoms with Crippen LogP contribution in [-0.2, 0) is 0 Å². The van der Waals surface area contributed by atoms with Crippen LogP contribution in [0, 0.1) is 5.92 Å². The average molecular weight is 340 g/mol. The molecular formula is C19H24N4O2. The van der Waals surface area contributed by atoms with E-state index in [0.29, 0.717) is 23.9 Å². The Bertz CT molecular complexity index is 718. The van der Waals surface area contributed by atoms with E-state index in [2.05, 4.69) is 27.1 Å². The van der Waals surface area contributed by atoms with Gasteiger partial charge in [0.15, 0.2) is 0 Å². The lowest BCUT2D eigenvalue weighted by molar-refractivity contribution is 0.102. The Morgan fingerprint density at radius 2 is 2.12 bits per heavy atom. The Balaban J connectivity index is 1.68. The number of ether oxygens (including phenoxy) is 1. The van der Waals surface area contributed by atoms with Crippen molar-refractivity contribution in [3.63, 3.8) is 0 Å². The third-order valence-corrected chi connectivity index (χ3v) is 4.29. The number of carbonyl (C=O) groups excluding carboxylic acids is 1. The summed E-state index contributed by atoms with van der Waals surface area (Å²) in [5.74, 6) is 2.00. The summed E-state index contributed by atoms with van der Waals surface area (Å²) in [4.78, 5) is 23.2. The van der Waals surface area contributed by atoms with Gasteiger partial charge in [-0.25, -0.2) is 9.97 Å². The van der Waals surface area contributed by atoms with Crippen LogP contribution in [0.4, 0.5) is 11.5 Å². The molecule has 1 atom stereocenters. The van der Waals surface area contributed by atoms with Gasteiger partial charge in [0.05, 0.1) is 6.61 Å². The summed E-state index contributed by atoms with van der Waals surface area (Å²) < 4.78 is 5.40. The zero-order chi connectivity index (χ0) is 17.6.